The van der Waals surface area contributed by atoms with Crippen LogP contribution in [-0.2, 0) is 0 Å². The van der Waals surface area contributed by atoms with E-state index in [-0.39, 0.29) is 0 Å². The van der Waals surface area contributed by atoms with Crippen molar-refractivity contribution in [2.24, 2.45) is 11.8 Å². The second-order valence-corrected chi connectivity index (χ2v) is 6.63. The van der Waals surface area contributed by atoms with Gasteiger partial charge in [-0.05, 0) is 50.3 Å². The molecular formula is C13H25NS. The standard InChI is InChI=1S/C13H25NS/c1-10-12(14-2)7-8-13(10)15-9-11-5-3-4-6-11/h10-14H,3-9H2,1-2H3. The summed E-state index contributed by atoms with van der Waals surface area (Å²) in [7, 11) is 2.12. The molecule has 0 aromatic rings. The molecule has 0 spiro atoms. The largest absolute Gasteiger partial charge is 0.317 e. The van der Waals surface area contributed by atoms with Crippen molar-refractivity contribution in [1.29, 1.82) is 0 Å². The number of rotatable bonds is 4. The van der Waals surface area contributed by atoms with Crippen molar-refractivity contribution in [3.05, 3.63) is 0 Å². The predicted octanol–water partition coefficient (Wildman–Crippen LogP) is 3.30. The molecule has 0 aromatic carbocycles. The lowest BCUT2D eigenvalue weighted by molar-refractivity contribution is 0.463. The quantitative estimate of drug-likeness (QED) is 0.791. The van der Waals surface area contributed by atoms with Gasteiger partial charge in [-0.3, -0.25) is 0 Å². The van der Waals surface area contributed by atoms with Gasteiger partial charge in [0.05, 0.1) is 0 Å². The topological polar surface area (TPSA) is 12.0 Å². The van der Waals surface area contributed by atoms with Crippen molar-refractivity contribution >= 4 is 11.8 Å². The molecule has 1 N–H and O–H groups in total. The van der Waals surface area contributed by atoms with Gasteiger partial charge in [-0.15, -0.1) is 0 Å². The maximum Gasteiger partial charge on any atom is 0.0101 e. The van der Waals surface area contributed by atoms with Crippen molar-refractivity contribution < 1.29 is 0 Å². The Labute approximate surface area is 98.8 Å². The Hall–Kier alpha value is 0.310. The van der Waals surface area contributed by atoms with Gasteiger partial charge in [0.25, 0.3) is 0 Å². The third-order valence-corrected chi connectivity index (χ3v) is 6.13. The minimum absolute atomic E-state index is 0.783. The lowest BCUT2D eigenvalue weighted by Gasteiger charge is -2.21. The molecule has 1 nitrogen and oxygen atoms in total. The van der Waals surface area contributed by atoms with E-state index in [0.29, 0.717) is 0 Å². The van der Waals surface area contributed by atoms with Gasteiger partial charge in [0.2, 0.25) is 0 Å². The van der Waals surface area contributed by atoms with Crippen LogP contribution in [0.4, 0.5) is 0 Å². The van der Waals surface area contributed by atoms with E-state index >= 15 is 0 Å². The van der Waals surface area contributed by atoms with Crippen LogP contribution in [0.15, 0.2) is 0 Å². The van der Waals surface area contributed by atoms with Crippen LogP contribution in [0.2, 0.25) is 0 Å². The summed E-state index contributed by atoms with van der Waals surface area (Å²) < 4.78 is 0. The molecule has 2 heteroatoms. The van der Waals surface area contributed by atoms with Crippen LogP contribution < -0.4 is 5.32 Å². The summed E-state index contributed by atoms with van der Waals surface area (Å²) in [5.41, 5.74) is 0. The molecule has 2 rings (SSSR count). The summed E-state index contributed by atoms with van der Waals surface area (Å²) in [6.07, 6.45) is 8.81. The van der Waals surface area contributed by atoms with Gasteiger partial charge in [-0.2, -0.15) is 11.8 Å². The molecule has 0 amide bonds. The minimum atomic E-state index is 0.783. The Kier molecular flexibility index (Phi) is 4.39. The lowest BCUT2D eigenvalue weighted by Crippen LogP contribution is -2.30. The van der Waals surface area contributed by atoms with E-state index in [4.69, 9.17) is 0 Å². The zero-order chi connectivity index (χ0) is 10.7. The molecule has 0 aliphatic heterocycles. The van der Waals surface area contributed by atoms with Crippen molar-refractivity contribution in [3.8, 4) is 0 Å². The van der Waals surface area contributed by atoms with E-state index in [1.165, 1.54) is 44.3 Å². The number of nitrogens with one attached hydrogen (secondary N) is 1. The van der Waals surface area contributed by atoms with Gasteiger partial charge in [0, 0.05) is 11.3 Å². The van der Waals surface area contributed by atoms with Crippen molar-refractivity contribution in [2.75, 3.05) is 12.8 Å². The molecule has 0 aromatic heterocycles. The summed E-state index contributed by atoms with van der Waals surface area (Å²) in [5, 5.41) is 4.39. The van der Waals surface area contributed by atoms with E-state index < -0.39 is 0 Å². The van der Waals surface area contributed by atoms with Gasteiger partial charge in [0.1, 0.15) is 0 Å². The summed E-state index contributed by atoms with van der Waals surface area (Å²) in [6.45, 7) is 2.43. The second-order valence-electron chi connectivity index (χ2n) is 5.35. The molecule has 2 saturated carbocycles. The van der Waals surface area contributed by atoms with Gasteiger partial charge in [-0.1, -0.05) is 19.8 Å². The fourth-order valence-corrected chi connectivity index (χ4v) is 4.86. The van der Waals surface area contributed by atoms with Crippen LogP contribution in [0, 0.1) is 11.8 Å². The number of thioether (sulfide) groups is 1. The van der Waals surface area contributed by atoms with Gasteiger partial charge in [-0.25, -0.2) is 0 Å². The molecule has 0 saturated heterocycles. The molecule has 3 atom stereocenters. The summed E-state index contributed by atoms with van der Waals surface area (Å²) >= 11 is 2.27. The zero-order valence-electron chi connectivity index (χ0n) is 10.2. The van der Waals surface area contributed by atoms with Crippen molar-refractivity contribution in [3.63, 3.8) is 0 Å². The van der Waals surface area contributed by atoms with Gasteiger partial charge < -0.3 is 5.32 Å². The minimum Gasteiger partial charge on any atom is -0.317 e. The van der Waals surface area contributed by atoms with Crippen molar-refractivity contribution in [1.82, 2.24) is 5.32 Å². The van der Waals surface area contributed by atoms with Crippen LogP contribution >= 0.6 is 11.8 Å². The smallest absolute Gasteiger partial charge is 0.0101 e. The Morgan fingerprint density at radius 3 is 2.47 bits per heavy atom. The summed E-state index contributed by atoms with van der Waals surface area (Å²) in [5.74, 6) is 3.36. The van der Waals surface area contributed by atoms with E-state index in [9.17, 15) is 0 Å². The van der Waals surface area contributed by atoms with E-state index in [0.717, 1.165) is 23.1 Å². The first-order chi connectivity index (χ1) is 7.31. The highest BCUT2D eigenvalue weighted by molar-refractivity contribution is 7.99. The van der Waals surface area contributed by atoms with E-state index in [1.807, 2.05) is 0 Å². The van der Waals surface area contributed by atoms with E-state index in [1.54, 1.807) is 0 Å². The Bertz CT molecular complexity index is 189. The highest BCUT2D eigenvalue weighted by Gasteiger charge is 2.32. The highest BCUT2D eigenvalue weighted by atomic mass is 32.2. The summed E-state index contributed by atoms with van der Waals surface area (Å²) in [6, 6.07) is 0.783. The van der Waals surface area contributed by atoms with Crippen LogP contribution in [-0.4, -0.2) is 24.1 Å². The van der Waals surface area contributed by atoms with E-state index in [2.05, 4.69) is 31.1 Å². The average molecular weight is 227 g/mol. The maximum absolute atomic E-state index is 3.46. The third kappa shape index (κ3) is 2.91. The Morgan fingerprint density at radius 1 is 1.13 bits per heavy atom. The normalized spacial score (nSPS) is 37.6. The van der Waals surface area contributed by atoms with Crippen LogP contribution in [0.1, 0.15) is 45.4 Å². The average Bonchev–Trinajstić information content (AvgIpc) is 2.85. The SMILES string of the molecule is CNC1CCC(SCC2CCCC2)C1C. The Morgan fingerprint density at radius 2 is 1.87 bits per heavy atom. The fraction of sp³-hybridized carbons (Fsp3) is 1.00. The second kappa shape index (κ2) is 5.58. The first-order valence-corrected chi connectivity index (χ1v) is 7.65. The first kappa shape index (κ1) is 11.8. The third-order valence-electron chi connectivity index (χ3n) is 4.37. The van der Waals surface area contributed by atoms with Gasteiger partial charge >= 0.3 is 0 Å². The molecular weight excluding hydrogens is 202 g/mol. The lowest BCUT2D eigenvalue weighted by atomic mass is 10.1. The molecule has 0 radical (unpaired) electrons. The Balaban J connectivity index is 1.70. The predicted molar refractivity (Wildman–Crippen MR) is 69.4 cm³/mol. The van der Waals surface area contributed by atoms with Crippen LogP contribution in [0.25, 0.3) is 0 Å². The monoisotopic (exact) mass is 227 g/mol. The number of hydrogen-bond donors (Lipinski definition) is 1. The van der Waals surface area contributed by atoms with Crippen LogP contribution in [0.5, 0.6) is 0 Å². The zero-order valence-corrected chi connectivity index (χ0v) is 11.0. The molecule has 2 aliphatic carbocycles. The molecule has 2 fully saturated rings. The molecule has 15 heavy (non-hydrogen) atoms. The molecule has 0 bridgehead atoms. The highest BCUT2D eigenvalue weighted by Crippen LogP contribution is 2.38. The van der Waals surface area contributed by atoms with Crippen molar-refractivity contribution in [2.45, 2.75) is 56.7 Å². The fourth-order valence-electron chi connectivity index (χ4n) is 3.21. The molecule has 3 unspecified atom stereocenters. The summed E-state index contributed by atoms with van der Waals surface area (Å²) in [4.78, 5) is 0. The molecule has 88 valence electrons. The number of hydrogen-bond acceptors (Lipinski definition) is 2. The first-order valence-electron chi connectivity index (χ1n) is 6.60. The van der Waals surface area contributed by atoms with Gasteiger partial charge in [0.15, 0.2) is 0 Å². The molecule has 0 heterocycles. The van der Waals surface area contributed by atoms with Crippen LogP contribution in [0.3, 0.4) is 0 Å². The molecule has 2 aliphatic rings. The maximum atomic E-state index is 3.46.